The number of aryl methyl sites for hydroxylation is 2. The standard InChI is InChI=1S/C13H16NO2/c1-9-5-6-14(2)13-11(9)7-10(15-3)8-12(13)16-4/h5-8H,1-4H3/q+1. The zero-order chi connectivity index (χ0) is 11.7. The largest absolute Gasteiger partial charge is 0.497 e. The van der Waals surface area contributed by atoms with Gasteiger partial charge in [0.1, 0.15) is 12.8 Å². The van der Waals surface area contributed by atoms with E-state index in [1.807, 2.05) is 25.4 Å². The number of benzene rings is 1. The molecule has 0 saturated heterocycles. The van der Waals surface area contributed by atoms with Crippen molar-refractivity contribution in [2.75, 3.05) is 14.2 Å². The van der Waals surface area contributed by atoms with Crippen LogP contribution in [0.15, 0.2) is 24.4 Å². The minimum atomic E-state index is 0.818. The van der Waals surface area contributed by atoms with Gasteiger partial charge in [0.15, 0.2) is 11.9 Å². The van der Waals surface area contributed by atoms with Gasteiger partial charge in [-0.05, 0) is 18.6 Å². The second-order valence-electron chi connectivity index (χ2n) is 3.84. The lowest BCUT2D eigenvalue weighted by molar-refractivity contribution is -0.645. The van der Waals surface area contributed by atoms with Crippen molar-refractivity contribution in [2.24, 2.45) is 7.05 Å². The molecule has 0 saturated carbocycles. The molecule has 2 aromatic rings. The number of rotatable bonds is 2. The van der Waals surface area contributed by atoms with Gasteiger partial charge in [0.05, 0.1) is 19.6 Å². The number of aromatic nitrogens is 1. The van der Waals surface area contributed by atoms with Crippen LogP contribution in [0.1, 0.15) is 5.56 Å². The summed E-state index contributed by atoms with van der Waals surface area (Å²) in [6.07, 6.45) is 2.03. The van der Waals surface area contributed by atoms with Gasteiger partial charge in [-0.25, -0.2) is 0 Å². The molecule has 0 N–H and O–H groups in total. The minimum Gasteiger partial charge on any atom is -0.497 e. The molecular weight excluding hydrogens is 202 g/mol. The van der Waals surface area contributed by atoms with Gasteiger partial charge in [0, 0.05) is 12.1 Å². The summed E-state index contributed by atoms with van der Waals surface area (Å²) in [5.74, 6) is 1.65. The lowest BCUT2D eigenvalue weighted by Gasteiger charge is -2.08. The van der Waals surface area contributed by atoms with Crippen LogP contribution in [0, 0.1) is 6.92 Å². The van der Waals surface area contributed by atoms with Crippen molar-refractivity contribution in [3.05, 3.63) is 30.0 Å². The fourth-order valence-electron chi connectivity index (χ4n) is 1.91. The van der Waals surface area contributed by atoms with Gasteiger partial charge < -0.3 is 9.47 Å². The van der Waals surface area contributed by atoms with Crippen molar-refractivity contribution in [1.29, 1.82) is 0 Å². The lowest BCUT2D eigenvalue weighted by Crippen LogP contribution is -2.28. The zero-order valence-corrected chi connectivity index (χ0v) is 10.1. The first-order chi connectivity index (χ1) is 7.67. The van der Waals surface area contributed by atoms with E-state index < -0.39 is 0 Å². The van der Waals surface area contributed by atoms with Crippen LogP contribution in [0.4, 0.5) is 0 Å². The molecule has 0 radical (unpaired) electrons. The molecule has 16 heavy (non-hydrogen) atoms. The Bertz CT molecular complexity index is 535. The average molecular weight is 218 g/mol. The van der Waals surface area contributed by atoms with E-state index in [-0.39, 0.29) is 0 Å². The normalized spacial score (nSPS) is 10.5. The monoisotopic (exact) mass is 218 g/mol. The Labute approximate surface area is 95.2 Å². The molecule has 2 rings (SSSR count). The van der Waals surface area contributed by atoms with Crippen molar-refractivity contribution < 1.29 is 14.0 Å². The summed E-state index contributed by atoms with van der Waals surface area (Å²) < 4.78 is 12.7. The van der Waals surface area contributed by atoms with Gasteiger partial charge in [-0.1, -0.05) is 0 Å². The zero-order valence-electron chi connectivity index (χ0n) is 10.1. The number of pyridine rings is 1. The molecule has 0 amide bonds. The molecule has 0 fully saturated rings. The Morgan fingerprint density at radius 1 is 1.12 bits per heavy atom. The second-order valence-corrected chi connectivity index (χ2v) is 3.84. The van der Waals surface area contributed by atoms with Crippen LogP contribution in [-0.2, 0) is 7.05 Å². The smallest absolute Gasteiger partial charge is 0.255 e. The number of nitrogens with zero attached hydrogens (tertiary/aromatic N) is 1. The second kappa shape index (κ2) is 4.00. The summed E-state index contributed by atoms with van der Waals surface area (Å²) in [7, 11) is 5.35. The van der Waals surface area contributed by atoms with Gasteiger partial charge in [0.2, 0.25) is 0 Å². The minimum absolute atomic E-state index is 0.818. The highest BCUT2D eigenvalue weighted by Gasteiger charge is 2.15. The summed E-state index contributed by atoms with van der Waals surface area (Å²) in [6, 6.07) is 6.02. The highest BCUT2D eigenvalue weighted by atomic mass is 16.5. The van der Waals surface area contributed by atoms with Crippen LogP contribution >= 0.6 is 0 Å². The van der Waals surface area contributed by atoms with Crippen molar-refractivity contribution in [1.82, 2.24) is 0 Å². The summed E-state index contributed by atoms with van der Waals surface area (Å²) in [6.45, 7) is 2.08. The maximum absolute atomic E-state index is 5.40. The summed E-state index contributed by atoms with van der Waals surface area (Å²) >= 11 is 0. The fraction of sp³-hybridized carbons (Fsp3) is 0.308. The molecule has 0 bridgehead atoms. The number of hydrogen-bond acceptors (Lipinski definition) is 2. The summed E-state index contributed by atoms with van der Waals surface area (Å²) in [4.78, 5) is 0. The highest BCUT2D eigenvalue weighted by Crippen LogP contribution is 2.30. The number of fused-ring (bicyclic) bond motifs is 1. The van der Waals surface area contributed by atoms with Crippen LogP contribution in [0.5, 0.6) is 11.5 Å². The number of ether oxygens (including phenoxy) is 2. The van der Waals surface area contributed by atoms with E-state index in [1.54, 1.807) is 14.2 Å². The molecular formula is C13H16NO2+. The van der Waals surface area contributed by atoms with Crippen LogP contribution in [-0.4, -0.2) is 14.2 Å². The molecule has 0 atom stereocenters. The van der Waals surface area contributed by atoms with E-state index in [1.165, 1.54) is 5.56 Å². The van der Waals surface area contributed by atoms with Crippen LogP contribution < -0.4 is 14.0 Å². The van der Waals surface area contributed by atoms with Gasteiger partial charge in [-0.3, -0.25) is 0 Å². The SMILES string of the molecule is COc1cc(OC)c2c(c1)c(C)cc[n+]2C. The van der Waals surface area contributed by atoms with Crippen molar-refractivity contribution in [3.8, 4) is 11.5 Å². The average Bonchev–Trinajstić information content (AvgIpc) is 2.32. The van der Waals surface area contributed by atoms with Crippen LogP contribution in [0.3, 0.4) is 0 Å². The Morgan fingerprint density at radius 2 is 1.88 bits per heavy atom. The van der Waals surface area contributed by atoms with Gasteiger partial charge >= 0.3 is 0 Å². The first kappa shape index (κ1) is 10.7. The third-order valence-electron chi connectivity index (χ3n) is 2.83. The number of hydrogen-bond donors (Lipinski definition) is 0. The predicted octanol–water partition coefficient (Wildman–Crippen LogP) is 1.99. The lowest BCUT2D eigenvalue weighted by atomic mass is 10.1. The Morgan fingerprint density at radius 3 is 2.50 bits per heavy atom. The summed E-state index contributed by atoms with van der Waals surface area (Å²) in [5.41, 5.74) is 2.30. The Balaban J connectivity index is 2.88. The van der Waals surface area contributed by atoms with Crippen LogP contribution in [0.2, 0.25) is 0 Å². The molecule has 0 unspecified atom stereocenters. The van der Waals surface area contributed by atoms with Gasteiger partial charge in [0.25, 0.3) is 5.52 Å². The van der Waals surface area contributed by atoms with E-state index in [9.17, 15) is 0 Å². The van der Waals surface area contributed by atoms with Crippen molar-refractivity contribution in [2.45, 2.75) is 6.92 Å². The quantitative estimate of drug-likeness (QED) is 0.719. The number of methoxy groups -OCH3 is 2. The van der Waals surface area contributed by atoms with Crippen LogP contribution in [0.25, 0.3) is 10.9 Å². The third kappa shape index (κ3) is 1.58. The van der Waals surface area contributed by atoms with E-state index >= 15 is 0 Å². The Hall–Kier alpha value is -1.77. The molecule has 84 valence electrons. The molecule has 1 heterocycles. The maximum Gasteiger partial charge on any atom is 0.255 e. The third-order valence-corrected chi connectivity index (χ3v) is 2.83. The first-order valence-electron chi connectivity index (χ1n) is 5.18. The molecule has 3 nitrogen and oxygen atoms in total. The highest BCUT2D eigenvalue weighted by molar-refractivity contribution is 5.86. The maximum atomic E-state index is 5.40. The molecule has 0 aliphatic heterocycles. The molecule has 1 aromatic heterocycles. The van der Waals surface area contributed by atoms with E-state index in [2.05, 4.69) is 17.6 Å². The Kier molecular flexibility index (Phi) is 2.69. The van der Waals surface area contributed by atoms with E-state index in [0.29, 0.717) is 0 Å². The molecule has 0 aliphatic rings. The first-order valence-corrected chi connectivity index (χ1v) is 5.18. The van der Waals surface area contributed by atoms with Gasteiger partial charge in [-0.2, -0.15) is 4.57 Å². The van der Waals surface area contributed by atoms with E-state index in [0.717, 1.165) is 22.4 Å². The van der Waals surface area contributed by atoms with Crippen molar-refractivity contribution in [3.63, 3.8) is 0 Å². The topological polar surface area (TPSA) is 22.3 Å². The van der Waals surface area contributed by atoms with Crippen molar-refractivity contribution >= 4 is 10.9 Å². The predicted molar refractivity (Wildman–Crippen MR) is 63.0 cm³/mol. The molecule has 0 aliphatic carbocycles. The molecule has 3 heteroatoms. The molecule has 0 spiro atoms. The summed E-state index contributed by atoms with van der Waals surface area (Å²) in [5, 5.41) is 1.15. The fourth-order valence-corrected chi connectivity index (χ4v) is 1.91. The van der Waals surface area contributed by atoms with E-state index in [4.69, 9.17) is 9.47 Å². The van der Waals surface area contributed by atoms with Gasteiger partial charge in [-0.15, -0.1) is 0 Å². The molecule has 1 aromatic carbocycles.